The highest BCUT2D eigenvalue weighted by molar-refractivity contribution is 14.1. The van der Waals surface area contributed by atoms with E-state index in [0.29, 0.717) is 0 Å². The van der Waals surface area contributed by atoms with E-state index in [1.54, 1.807) is 0 Å². The highest BCUT2D eigenvalue weighted by Crippen LogP contribution is 2.27. The maximum absolute atomic E-state index is 6.27. The Hall–Kier alpha value is 0.390. The molecule has 0 saturated carbocycles. The third-order valence-corrected chi connectivity index (χ3v) is 4.62. The lowest BCUT2D eigenvalue weighted by molar-refractivity contribution is 0.546. The number of hydrogen-bond acceptors (Lipinski definition) is 1. The molecule has 0 saturated heterocycles. The van der Waals surface area contributed by atoms with Gasteiger partial charge in [-0.1, -0.05) is 61.4 Å². The molecule has 3 heteroatoms. The third kappa shape index (κ3) is 6.02. The molecule has 0 fully saturated rings. The van der Waals surface area contributed by atoms with E-state index in [0.717, 1.165) is 10.9 Å². The van der Waals surface area contributed by atoms with Gasteiger partial charge in [-0.3, -0.25) is 0 Å². The first-order valence-electron chi connectivity index (χ1n) is 6.85. The van der Waals surface area contributed by atoms with Crippen molar-refractivity contribution in [2.75, 3.05) is 0 Å². The van der Waals surface area contributed by atoms with Gasteiger partial charge in [0.2, 0.25) is 0 Å². The zero-order chi connectivity index (χ0) is 13.4. The molecule has 0 heterocycles. The van der Waals surface area contributed by atoms with Gasteiger partial charge in [-0.2, -0.15) is 0 Å². The van der Waals surface area contributed by atoms with Crippen LogP contribution < -0.4 is 5.73 Å². The lowest BCUT2D eigenvalue weighted by Crippen LogP contribution is -2.11. The van der Waals surface area contributed by atoms with Crippen LogP contribution in [0.4, 0.5) is 0 Å². The van der Waals surface area contributed by atoms with Crippen LogP contribution in [0.15, 0.2) is 22.7 Å². The zero-order valence-corrected chi connectivity index (χ0v) is 14.8. The number of hydrogen-bond donors (Lipinski definition) is 1. The number of rotatable bonds is 8. The van der Waals surface area contributed by atoms with Crippen molar-refractivity contribution < 1.29 is 0 Å². The van der Waals surface area contributed by atoms with Gasteiger partial charge in [0.1, 0.15) is 0 Å². The highest BCUT2D eigenvalue weighted by Gasteiger charge is 2.09. The van der Waals surface area contributed by atoms with Crippen LogP contribution in [0.5, 0.6) is 0 Å². The summed E-state index contributed by atoms with van der Waals surface area (Å²) < 4.78 is 2.39. The Bertz CT molecular complexity index is 354. The third-order valence-electron chi connectivity index (χ3n) is 3.23. The Morgan fingerprint density at radius 1 is 1.17 bits per heavy atom. The summed E-state index contributed by atoms with van der Waals surface area (Å²) in [7, 11) is 0. The number of nitrogens with two attached hydrogens (primary N) is 1. The average molecular weight is 424 g/mol. The highest BCUT2D eigenvalue weighted by atomic mass is 127. The fraction of sp³-hybridized carbons (Fsp3) is 0.600. The Morgan fingerprint density at radius 3 is 2.56 bits per heavy atom. The van der Waals surface area contributed by atoms with E-state index in [4.69, 9.17) is 5.73 Å². The first-order chi connectivity index (χ1) is 8.65. The SMILES string of the molecule is CCCCCCCCC(N)c1cc(I)ccc1Br. The molecule has 0 amide bonds. The average Bonchev–Trinajstić information content (AvgIpc) is 2.36. The molecule has 0 aliphatic carbocycles. The Kier molecular flexibility index (Phi) is 8.51. The number of halogens is 2. The van der Waals surface area contributed by atoms with E-state index in [1.165, 1.54) is 47.7 Å². The van der Waals surface area contributed by atoms with Crippen molar-refractivity contribution in [1.29, 1.82) is 0 Å². The normalized spacial score (nSPS) is 12.7. The molecule has 1 aromatic carbocycles. The number of unbranched alkanes of at least 4 members (excludes halogenated alkanes) is 5. The molecule has 0 aliphatic heterocycles. The lowest BCUT2D eigenvalue weighted by Gasteiger charge is -2.14. The maximum Gasteiger partial charge on any atom is 0.0306 e. The van der Waals surface area contributed by atoms with Crippen LogP contribution in [0.2, 0.25) is 0 Å². The summed E-state index contributed by atoms with van der Waals surface area (Å²) in [5, 5.41) is 0. The maximum atomic E-state index is 6.27. The van der Waals surface area contributed by atoms with Gasteiger partial charge in [0.25, 0.3) is 0 Å². The predicted octanol–water partition coefficient (Wildman–Crippen LogP) is 5.80. The zero-order valence-electron chi connectivity index (χ0n) is 11.1. The summed E-state index contributed by atoms with van der Waals surface area (Å²) in [4.78, 5) is 0. The molecule has 0 bridgehead atoms. The minimum atomic E-state index is 0.167. The molecule has 0 radical (unpaired) electrons. The van der Waals surface area contributed by atoms with Gasteiger partial charge in [-0.15, -0.1) is 0 Å². The molecule has 1 atom stereocenters. The van der Waals surface area contributed by atoms with Gasteiger partial charge in [-0.25, -0.2) is 0 Å². The van der Waals surface area contributed by atoms with Crippen LogP contribution in [0, 0.1) is 3.57 Å². The van der Waals surface area contributed by atoms with Crippen molar-refractivity contribution in [3.63, 3.8) is 0 Å². The summed E-state index contributed by atoms with van der Waals surface area (Å²) in [5.41, 5.74) is 7.52. The van der Waals surface area contributed by atoms with Crippen LogP contribution in [0.25, 0.3) is 0 Å². The fourth-order valence-electron chi connectivity index (χ4n) is 2.10. The van der Waals surface area contributed by atoms with Gasteiger partial charge in [0, 0.05) is 14.1 Å². The standard InChI is InChI=1S/C15H23BrIN/c1-2-3-4-5-6-7-8-15(18)13-11-12(17)9-10-14(13)16/h9-11,15H,2-8,18H2,1H3. The van der Waals surface area contributed by atoms with Crippen LogP contribution in [0.1, 0.15) is 63.5 Å². The molecular formula is C15H23BrIN. The van der Waals surface area contributed by atoms with Gasteiger partial charge < -0.3 is 5.73 Å². The summed E-state index contributed by atoms with van der Waals surface area (Å²) in [5.74, 6) is 0. The van der Waals surface area contributed by atoms with Crippen LogP contribution in [0.3, 0.4) is 0 Å². The van der Waals surface area contributed by atoms with Crippen LogP contribution in [-0.2, 0) is 0 Å². The Labute approximate surface area is 133 Å². The molecule has 1 unspecified atom stereocenters. The van der Waals surface area contributed by atoms with E-state index in [9.17, 15) is 0 Å². The quantitative estimate of drug-likeness (QED) is 0.414. The molecule has 102 valence electrons. The van der Waals surface area contributed by atoms with Gasteiger partial charge in [-0.05, 0) is 52.8 Å². The molecule has 2 N–H and O–H groups in total. The van der Waals surface area contributed by atoms with Crippen LogP contribution >= 0.6 is 38.5 Å². The van der Waals surface area contributed by atoms with E-state index < -0.39 is 0 Å². The first kappa shape index (κ1) is 16.4. The smallest absolute Gasteiger partial charge is 0.0306 e. The topological polar surface area (TPSA) is 26.0 Å². The first-order valence-corrected chi connectivity index (χ1v) is 8.73. The molecule has 1 nitrogen and oxygen atoms in total. The van der Waals surface area contributed by atoms with Crippen LogP contribution in [-0.4, -0.2) is 0 Å². The molecule has 1 rings (SSSR count). The minimum absolute atomic E-state index is 0.167. The monoisotopic (exact) mass is 423 g/mol. The van der Waals surface area contributed by atoms with Crippen molar-refractivity contribution in [1.82, 2.24) is 0 Å². The lowest BCUT2D eigenvalue weighted by atomic mass is 10.0. The number of benzene rings is 1. The second-order valence-corrected chi connectivity index (χ2v) is 6.93. The molecule has 0 aromatic heterocycles. The van der Waals surface area contributed by atoms with E-state index in [1.807, 2.05) is 0 Å². The van der Waals surface area contributed by atoms with Gasteiger partial charge in [0.15, 0.2) is 0 Å². The van der Waals surface area contributed by atoms with Crippen molar-refractivity contribution in [2.24, 2.45) is 5.73 Å². The van der Waals surface area contributed by atoms with Crippen molar-refractivity contribution in [3.8, 4) is 0 Å². The second kappa shape index (κ2) is 9.32. The molecular weight excluding hydrogens is 401 g/mol. The van der Waals surface area contributed by atoms with Crippen molar-refractivity contribution in [3.05, 3.63) is 31.8 Å². The predicted molar refractivity (Wildman–Crippen MR) is 91.8 cm³/mol. The van der Waals surface area contributed by atoms with Gasteiger partial charge in [0.05, 0.1) is 0 Å². The summed E-state index contributed by atoms with van der Waals surface area (Å²) in [6.45, 7) is 2.25. The molecule has 1 aromatic rings. The van der Waals surface area contributed by atoms with E-state index >= 15 is 0 Å². The summed E-state index contributed by atoms with van der Waals surface area (Å²) >= 11 is 5.93. The molecule has 0 spiro atoms. The van der Waals surface area contributed by atoms with E-state index in [2.05, 4.69) is 63.6 Å². The minimum Gasteiger partial charge on any atom is -0.324 e. The molecule has 0 aliphatic rings. The van der Waals surface area contributed by atoms with Gasteiger partial charge >= 0.3 is 0 Å². The Balaban J connectivity index is 2.31. The summed E-state index contributed by atoms with van der Waals surface area (Å²) in [6.07, 6.45) is 9.05. The largest absolute Gasteiger partial charge is 0.324 e. The van der Waals surface area contributed by atoms with Crippen molar-refractivity contribution in [2.45, 2.75) is 57.9 Å². The fourth-order valence-corrected chi connectivity index (χ4v) is 3.15. The van der Waals surface area contributed by atoms with E-state index in [-0.39, 0.29) is 6.04 Å². The second-order valence-electron chi connectivity index (χ2n) is 4.83. The van der Waals surface area contributed by atoms with Crippen molar-refractivity contribution >= 4 is 38.5 Å². The summed E-state index contributed by atoms with van der Waals surface area (Å²) in [6, 6.07) is 6.55. The Morgan fingerprint density at radius 2 is 1.83 bits per heavy atom. The molecule has 18 heavy (non-hydrogen) atoms.